The zero-order chi connectivity index (χ0) is 17.0. The highest BCUT2D eigenvalue weighted by Crippen LogP contribution is 2.37. The molecule has 2 rings (SSSR count). The molecule has 1 aromatic rings. The Labute approximate surface area is 137 Å². The lowest BCUT2D eigenvalue weighted by Gasteiger charge is -2.23. The Morgan fingerprint density at radius 1 is 1.30 bits per heavy atom. The van der Waals surface area contributed by atoms with Gasteiger partial charge < -0.3 is 14.4 Å². The van der Waals surface area contributed by atoms with Gasteiger partial charge >= 0.3 is 5.97 Å². The van der Waals surface area contributed by atoms with Crippen molar-refractivity contribution >= 4 is 18.1 Å². The van der Waals surface area contributed by atoms with E-state index in [9.17, 15) is 9.59 Å². The molecule has 1 aliphatic heterocycles. The fraction of sp³-hybridized carbons (Fsp3) is 0.556. The molecule has 0 unspecified atom stereocenters. The van der Waals surface area contributed by atoms with Crippen LogP contribution in [0.5, 0.6) is 5.75 Å². The summed E-state index contributed by atoms with van der Waals surface area (Å²) in [6.07, 6.45) is 3.55. The lowest BCUT2D eigenvalue weighted by molar-refractivity contribution is -0.107. The molecule has 0 aromatic heterocycles. The molecular formula is C18H25NO4. The minimum Gasteiger partial charge on any atom is -0.492 e. The Balaban J connectivity index is 2.48. The van der Waals surface area contributed by atoms with Crippen LogP contribution in [0.4, 0.5) is 5.69 Å². The van der Waals surface area contributed by atoms with Crippen LogP contribution < -0.4 is 9.64 Å². The third-order valence-electron chi connectivity index (χ3n) is 3.60. The van der Waals surface area contributed by atoms with Gasteiger partial charge in [0.25, 0.3) is 0 Å². The van der Waals surface area contributed by atoms with Crippen LogP contribution in [0.3, 0.4) is 0 Å². The zero-order valence-electron chi connectivity index (χ0n) is 14.3. The van der Waals surface area contributed by atoms with Crippen molar-refractivity contribution in [3.63, 3.8) is 0 Å². The highest BCUT2D eigenvalue weighted by Gasteiger charge is 2.24. The second-order valence-corrected chi connectivity index (χ2v) is 6.67. The number of anilines is 1. The molecule has 0 radical (unpaired) electrons. The summed E-state index contributed by atoms with van der Waals surface area (Å²) >= 11 is 0. The number of carbonyl (C=O) groups excluding carboxylic acids is 2. The second kappa shape index (κ2) is 7.02. The lowest BCUT2D eigenvalue weighted by Crippen LogP contribution is -2.25. The van der Waals surface area contributed by atoms with Gasteiger partial charge in [0.2, 0.25) is 6.41 Å². The normalized spacial score (nSPS) is 14.7. The van der Waals surface area contributed by atoms with E-state index in [1.54, 1.807) is 11.0 Å². The van der Waals surface area contributed by atoms with Gasteiger partial charge in [0, 0.05) is 6.54 Å². The first-order valence-electron chi connectivity index (χ1n) is 8.10. The number of benzene rings is 1. The summed E-state index contributed by atoms with van der Waals surface area (Å²) in [6, 6.07) is 3.51. The summed E-state index contributed by atoms with van der Waals surface area (Å²) in [7, 11) is 0. The molecule has 0 spiro atoms. The van der Waals surface area contributed by atoms with Gasteiger partial charge in [-0.3, -0.25) is 4.79 Å². The monoisotopic (exact) mass is 319 g/mol. The molecule has 0 fully saturated rings. The molecule has 1 aromatic carbocycles. The van der Waals surface area contributed by atoms with Gasteiger partial charge in [-0.1, -0.05) is 0 Å². The van der Waals surface area contributed by atoms with Crippen LogP contribution in [0.1, 0.15) is 56.5 Å². The van der Waals surface area contributed by atoms with Gasteiger partial charge in [0.05, 0.1) is 17.9 Å². The average Bonchev–Trinajstić information content (AvgIpc) is 2.67. The maximum absolute atomic E-state index is 12.4. The predicted molar refractivity (Wildman–Crippen MR) is 89.1 cm³/mol. The van der Waals surface area contributed by atoms with E-state index in [1.165, 1.54) is 0 Å². The highest BCUT2D eigenvalue weighted by atomic mass is 16.6. The van der Waals surface area contributed by atoms with Crippen molar-refractivity contribution in [2.24, 2.45) is 0 Å². The summed E-state index contributed by atoms with van der Waals surface area (Å²) in [5.41, 5.74) is 1.66. The number of hydrogen-bond donors (Lipinski definition) is 0. The van der Waals surface area contributed by atoms with E-state index in [2.05, 4.69) is 0 Å². The fourth-order valence-corrected chi connectivity index (χ4v) is 2.72. The summed E-state index contributed by atoms with van der Waals surface area (Å²) in [6.45, 7) is 8.54. The van der Waals surface area contributed by atoms with Crippen LogP contribution in [-0.4, -0.2) is 31.1 Å². The Kier molecular flexibility index (Phi) is 5.29. The van der Waals surface area contributed by atoms with Crippen molar-refractivity contribution in [1.82, 2.24) is 0 Å². The maximum atomic E-state index is 12.4. The standard InChI is InChI=1S/C18H25NO4/c1-5-22-15-11-14(17(21)23-18(2,3)4)10-13-8-6-7-9-19(12-20)16(13)15/h10-12H,5-9H2,1-4H3. The topological polar surface area (TPSA) is 55.8 Å². The minimum absolute atomic E-state index is 0.372. The van der Waals surface area contributed by atoms with Crippen molar-refractivity contribution in [3.8, 4) is 5.75 Å². The number of amides is 1. The molecular weight excluding hydrogens is 294 g/mol. The number of ether oxygens (including phenoxy) is 2. The van der Waals surface area contributed by atoms with Crippen molar-refractivity contribution in [3.05, 3.63) is 23.3 Å². The summed E-state index contributed by atoms with van der Waals surface area (Å²) in [5.74, 6) is 0.197. The molecule has 0 atom stereocenters. The minimum atomic E-state index is -0.551. The third-order valence-corrected chi connectivity index (χ3v) is 3.60. The van der Waals surface area contributed by atoms with E-state index >= 15 is 0 Å². The van der Waals surface area contributed by atoms with Crippen molar-refractivity contribution in [1.29, 1.82) is 0 Å². The van der Waals surface area contributed by atoms with Gasteiger partial charge in [-0.2, -0.15) is 0 Å². The number of nitrogens with zero attached hydrogens (tertiary/aromatic N) is 1. The maximum Gasteiger partial charge on any atom is 0.338 e. The third kappa shape index (κ3) is 4.24. The van der Waals surface area contributed by atoms with Crippen LogP contribution in [0.2, 0.25) is 0 Å². The van der Waals surface area contributed by atoms with Gasteiger partial charge in [0.1, 0.15) is 11.4 Å². The van der Waals surface area contributed by atoms with Gasteiger partial charge in [-0.05, 0) is 64.7 Å². The van der Waals surface area contributed by atoms with Crippen LogP contribution in [0.15, 0.2) is 12.1 Å². The molecule has 1 amide bonds. The molecule has 1 aliphatic rings. The van der Waals surface area contributed by atoms with E-state index in [0.717, 1.165) is 36.9 Å². The first kappa shape index (κ1) is 17.3. The van der Waals surface area contributed by atoms with E-state index in [0.29, 0.717) is 24.5 Å². The molecule has 0 N–H and O–H groups in total. The second-order valence-electron chi connectivity index (χ2n) is 6.67. The Bertz CT molecular complexity index is 589. The Morgan fingerprint density at radius 2 is 2.04 bits per heavy atom. The molecule has 0 aliphatic carbocycles. The van der Waals surface area contributed by atoms with Crippen molar-refractivity contribution < 1.29 is 19.1 Å². The van der Waals surface area contributed by atoms with Crippen LogP contribution >= 0.6 is 0 Å². The van der Waals surface area contributed by atoms with Gasteiger partial charge in [-0.25, -0.2) is 4.79 Å². The van der Waals surface area contributed by atoms with E-state index in [-0.39, 0.29) is 5.97 Å². The molecule has 5 nitrogen and oxygen atoms in total. The van der Waals surface area contributed by atoms with Crippen LogP contribution in [-0.2, 0) is 16.0 Å². The first-order valence-corrected chi connectivity index (χ1v) is 8.10. The van der Waals surface area contributed by atoms with Crippen LogP contribution in [0, 0.1) is 0 Å². The van der Waals surface area contributed by atoms with Crippen molar-refractivity contribution in [2.75, 3.05) is 18.1 Å². The molecule has 1 heterocycles. The largest absolute Gasteiger partial charge is 0.492 e. The predicted octanol–water partition coefficient (Wildman–Crippen LogP) is 3.34. The summed E-state index contributed by atoms with van der Waals surface area (Å²) in [5, 5.41) is 0. The molecule has 23 heavy (non-hydrogen) atoms. The number of fused-ring (bicyclic) bond motifs is 1. The number of rotatable bonds is 4. The molecule has 5 heteroatoms. The average molecular weight is 319 g/mol. The molecule has 126 valence electrons. The van der Waals surface area contributed by atoms with E-state index < -0.39 is 5.60 Å². The summed E-state index contributed by atoms with van der Waals surface area (Å²) < 4.78 is 11.2. The number of hydrogen-bond acceptors (Lipinski definition) is 4. The van der Waals surface area contributed by atoms with Crippen molar-refractivity contribution in [2.45, 2.75) is 52.6 Å². The van der Waals surface area contributed by atoms with E-state index in [4.69, 9.17) is 9.47 Å². The summed E-state index contributed by atoms with van der Waals surface area (Å²) in [4.78, 5) is 25.5. The lowest BCUT2D eigenvalue weighted by atomic mass is 10.0. The Morgan fingerprint density at radius 3 is 2.65 bits per heavy atom. The van der Waals surface area contributed by atoms with Gasteiger partial charge in [-0.15, -0.1) is 0 Å². The van der Waals surface area contributed by atoms with Crippen LogP contribution in [0.25, 0.3) is 0 Å². The number of esters is 1. The van der Waals surface area contributed by atoms with Gasteiger partial charge in [0.15, 0.2) is 0 Å². The number of aryl methyl sites for hydroxylation is 1. The zero-order valence-corrected chi connectivity index (χ0v) is 14.3. The quantitative estimate of drug-likeness (QED) is 0.631. The SMILES string of the molecule is CCOc1cc(C(=O)OC(C)(C)C)cc2c1N(C=O)CCCC2. The number of carbonyl (C=O) groups is 2. The molecule has 0 saturated carbocycles. The first-order chi connectivity index (χ1) is 10.9. The smallest absolute Gasteiger partial charge is 0.338 e. The fourth-order valence-electron chi connectivity index (χ4n) is 2.72. The molecule has 0 saturated heterocycles. The highest BCUT2D eigenvalue weighted by molar-refractivity contribution is 5.93. The van der Waals surface area contributed by atoms with E-state index in [1.807, 2.05) is 33.8 Å². The Hall–Kier alpha value is -2.04. The molecule has 0 bridgehead atoms.